The minimum absolute atomic E-state index is 1.22. The van der Waals surface area contributed by atoms with Crippen LogP contribution in [0.15, 0.2) is 187 Å². The second-order valence-electron chi connectivity index (χ2n) is 9.98. The highest BCUT2D eigenvalue weighted by Gasteiger charge is 2.36. The molecule has 10 heteroatoms. The molecule has 6 rings (SSSR count). The number of thiol groups is 1. The molecule has 0 spiro atoms. The molecule has 0 aromatic heterocycles. The number of alkyl halides is 3. The maximum Gasteiger partial charge on any atom is 0.485 e. The van der Waals surface area contributed by atoms with Crippen molar-refractivity contribution in [2.45, 2.75) is 34.9 Å². The van der Waals surface area contributed by atoms with E-state index >= 15 is 0 Å². The van der Waals surface area contributed by atoms with E-state index in [1.807, 2.05) is 0 Å². The Morgan fingerprint density at radius 1 is 0.447 bits per heavy atom. The summed E-state index contributed by atoms with van der Waals surface area (Å²) in [5.41, 5.74) is -0.644. The van der Waals surface area contributed by atoms with Crippen molar-refractivity contribution in [1.82, 2.24) is 0 Å². The van der Waals surface area contributed by atoms with Gasteiger partial charge in [0.05, 0.1) is 0 Å². The number of rotatable bonds is 8. The standard InChI is InChI=1S/C36H26S3.CHF3O3S/c1-3-7-27(8-4-1)29-11-15-31(16-12-29)37-33-19-23-35(24-20-33)39-36-25-21-34(22-26-36)38-32-17-13-30(14-18-32)28-9-5-2-6-10-28;2-1(3,4)8(5,6)7/h1-26H;(H,5,6,7). The first-order chi connectivity index (χ1) is 22.5. The van der Waals surface area contributed by atoms with Gasteiger partial charge in [-0.15, -0.1) is 0 Å². The SMILES string of the molecule is O=S(=O)([O-])C(F)(F)F.c1ccc(-c2ccc(Sc3ccc([SH+]c4ccc(Sc5ccc(-c6ccccc6)cc5)cc4)cc3)cc2)cc1. The topological polar surface area (TPSA) is 57.2 Å². The van der Waals surface area contributed by atoms with Crippen LogP contribution >= 0.6 is 23.5 Å². The van der Waals surface area contributed by atoms with Crippen LogP contribution in [0.2, 0.25) is 0 Å². The summed E-state index contributed by atoms with van der Waals surface area (Å²) in [7, 11) is -6.09. The van der Waals surface area contributed by atoms with E-state index < -0.39 is 15.6 Å². The molecule has 0 unspecified atom stereocenters. The van der Waals surface area contributed by atoms with Crippen molar-refractivity contribution < 1.29 is 26.1 Å². The normalized spacial score (nSPS) is 11.4. The van der Waals surface area contributed by atoms with E-state index in [4.69, 9.17) is 13.0 Å². The largest absolute Gasteiger partial charge is 0.741 e. The molecule has 0 radical (unpaired) electrons. The molecule has 47 heavy (non-hydrogen) atoms. The van der Waals surface area contributed by atoms with Gasteiger partial charge in [0.2, 0.25) is 0 Å². The third kappa shape index (κ3) is 10.3. The van der Waals surface area contributed by atoms with E-state index in [0.29, 0.717) is 0 Å². The Labute approximate surface area is 285 Å². The van der Waals surface area contributed by atoms with Crippen LogP contribution in [0, 0.1) is 0 Å². The molecule has 238 valence electrons. The molecule has 0 N–H and O–H groups in total. The Morgan fingerprint density at radius 3 is 0.979 bits per heavy atom. The van der Waals surface area contributed by atoms with Crippen LogP contribution in [-0.2, 0) is 21.9 Å². The van der Waals surface area contributed by atoms with Crippen LogP contribution < -0.4 is 0 Å². The predicted octanol–water partition coefficient (Wildman–Crippen LogP) is 10.6. The highest BCUT2D eigenvalue weighted by molar-refractivity contribution is 7.99. The van der Waals surface area contributed by atoms with Crippen LogP contribution in [0.5, 0.6) is 0 Å². The first kappa shape index (κ1) is 34.4. The Morgan fingerprint density at radius 2 is 0.702 bits per heavy atom. The van der Waals surface area contributed by atoms with Crippen LogP contribution in [-0.4, -0.2) is 18.5 Å². The van der Waals surface area contributed by atoms with E-state index in [-0.39, 0.29) is 0 Å². The van der Waals surface area contributed by atoms with Gasteiger partial charge in [-0.05, 0) is 95.1 Å². The van der Waals surface area contributed by atoms with Crippen LogP contribution in [0.3, 0.4) is 0 Å². The van der Waals surface area contributed by atoms with Gasteiger partial charge in [-0.25, -0.2) is 8.42 Å². The van der Waals surface area contributed by atoms with Crippen molar-refractivity contribution in [3.05, 3.63) is 158 Å². The zero-order valence-corrected chi connectivity index (χ0v) is 27.9. The van der Waals surface area contributed by atoms with E-state index in [2.05, 4.69) is 158 Å². The molecule has 0 aliphatic rings. The molecule has 0 saturated carbocycles. The molecule has 0 fully saturated rings. The molecule has 6 aromatic carbocycles. The predicted molar refractivity (Wildman–Crippen MR) is 186 cm³/mol. The van der Waals surface area contributed by atoms with Crippen LogP contribution in [0.25, 0.3) is 22.3 Å². The van der Waals surface area contributed by atoms with Gasteiger partial charge in [-0.1, -0.05) is 108 Å². The average molecular weight is 705 g/mol. The van der Waals surface area contributed by atoms with Crippen molar-refractivity contribution in [2.24, 2.45) is 0 Å². The fourth-order valence-electron chi connectivity index (χ4n) is 4.29. The summed E-state index contributed by atoms with van der Waals surface area (Å²) >= 11 is 4.83. The molecule has 0 bridgehead atoms. The van der Waals surface area contributed by atoms with Gasteiger partial charge in [0, 0.05) is 31.3 Å². The third-order valence-electron chi connectivity index (χ3n) is 6.61. The lowest BCUT2D eigenvalue weighted by molar-refractivity contribution is -0.0517. The average Bonchev–Trinajstić information content (AvgIpc) is 3.07. The highest BCUT2D eigenvalue weighted by Crippen LogP contribution is 2.32. The number of hydrogen-bond donors (Lipinski definition) is 0. The summed E-state index contributed by atoms with van der Waals surface area (Å²) in [4.78, 5) is 7.62. The number of hydrogen-bond acceptors (Lipinski definition) is 5. The zero-order chi connectivity index (χ0) is 33.3. The molecule has 0 aliphatic heterocycles. The van der Waals surface area contributed by atoms with Crippen molar-refractivity contribution in [3.63, 3.8) is 0 Å². The quantitative estimate of drug-likeness (QED) is 0.0683. The van der Waals surface area contributed by atoms with E-state index in [9.17, 15) is 13.2 Å². The maximum absolute atomic E-state index is 10.7. The number of halogens is 3. The number of benzene rings is 6. The van der Waals surface area contributed by atoms with Gasteiger partial charge < -0.3 is 4.55 Å². The highest BCUT2D eigenvalue weighted by atomic mass is 32.2. The molecule has 0 saturated heterocycles. The first-order valence-corrected chi connectivity index (χ1v) is 18.1. The minimum atomic E-state index is -6.09. The molecular formula is C37H27F3O3S4. The summed E-state index contributed by atoms with van der Waals surface area (Å²) in [5, 5.41) is 0. The lowest BCUT2D eigenvalue weighted by Crippen LogP contribution is -2.21. The summed E-state index contributed by atoms with van der Waals surface area (Å²) in [6.07, 6.45) is 0. The Balaban J connectivity index is 0.000000483. The van der Waals surface area contributed by atoms with Crippen molar-refractivity contribution >= 4 is 45.4 Å². The Bertz CT molecular complexity index is 1840. The molecule has 0 aliphatic carbocycles. The monoisotopic (exact) mass is 704 g/mol. The van der Waals surface area contributed by atoms with Crippen molar-refractivity contribution in [3.8, 4) is 22.3 Å². The zero-order valence-electron chi connectivity index (χ0n) is 24.5. The lowest BCUT2D eigenvalue weighted by Gasteiger charge is -2.08. The van der Waals surface area contributed by atoms with Gasteiger partial charge >= 0.3 is 5.51 Å². The van der Waals surface area contributed by atoms with Crippen molar-refractivity contribution in [1.29, 1.82) is 0 Å². The summed E-state index contributed by atoms with van der Waals surface area (Å²) in [6.45, 7) is 0. The fourth-order valence-corrected chi connectivity index (χ4v) is 6.82. The lowest BCUT2D eigenvalue weighted by atomic mass is 10.1. The molecule has 0 heterocycles. The molecular weight excluding hydrogens is 678 g/mol. The Hall–Kier alpha value is -3.93. The second kappa shape index (κ2) is 15.8. The van der Waals surface area contributed by atoms with E-state index in [0.717, 1.165) is 0 Å². The molecule has 6 aromatic rings. The third-order valence-corrected chi connectivity index (χ3v) is 10.3. The fraction of sp³-hybridized carbons (Fsp3) is 0.0270. The molecule has 0 atom stereocenters. The first-order valence-electron chi connectivity index (χ1n) is 14.1. The smallest absolute Gasteiger partial charge is 0.485 e. The summed E-state index contributed by atoms with van der Waals surface area (Å²) < 4.78 is 58.9. The van der Waals surface area contributed by atoms with Gasteiger partial charge in [-0.2, -0.15) is 13.2 Å². The van der Waals surface area contributed by atoms with Gasteiger partial charge in [0.15, 0.2) is 19.9 Å². The molecule has 0 amide bonds. The molecule has 3 nitrogen and oxygen atoms in total. The van der Waals surface area contributed by atoms with Crippen LogP contribution in [0.4, 0.5) is 13.2 Å². The minimum Gasteiger partial charge on any atom is -0.741 e. The van der Waals surface area contributed by atoms with E-state index in [1.165, 1.54) is 63.4 Å². The van der Waals surface area contributed by atoms with Gasteiger partial charge in [0.25, 0.3) is 0 Å². The van der Waals surface area contributed by atoms with Crippen LogP contribution in [0.1, 0.15) is 0 Å². The van der Waals surface area contributed by atoms with E-state index in [1.54, 1.807) is 23.5 Å². The van der Waals surface area contributed by atoms with Gasteiger partial charge in [-0.3, -0.25) is 0 Å². The van der Waals surface area contributed by atoms with Gasteiger partial charge in [0.1, 0.15) is 0 Å². The second-order valence-corrected chi connectivity index (χ2v) is 14.9. The Kier molecular flexibility index (Phi) is 11.5. The van der Waals surface area contributed by atoms with Crippen molar-refractivity contribution in [2.75, 3.05) is 0 Å². The summed E-state index contributed by atoms with van der Waals surface area (Å²) in [6, 6.07) is 56.5. The maximum atomic E-state index is 10.7. The summed E-state index contributed by atoms with van der Waals surface area (Å²) in [5.74, 6) is 0.